The van der Waals surface area contributed by atoms with E-state index >= 15 is 0 Å². The lowest BCUT2D eigenvalue weighted by molar-refractivity contribution is -0.0344. The second kappa shape index (κ2) is 9.07. The van der Waals surface area contributed by atoms with Gasteiger partial charge in [0, 0.05) is 56.6 Å². The molecule has 1 fully saturated rings. The third-order valence-electron chi connectivity index (χ3n) is 5.11. The summed E-state index contributed by atoms with van der Waals surface area (Å²) in [6, 6.07) is 7.99. The third kappa shape index (κ3) is 4.61. The molecule has 158 valence electrons. The largest absolute Gasteiger partial charge is 0.497 e. The molecule has 30 heavy (non-hydrogen) atoms. The molecule has 0 radical (unpaired) electrons. The van der Waals surface area contributed by atoms with E-state index in [0.717, 1.165) is 47.2 Å². The van der Waals surface area contributed by atoms with Crippen molar-refractivity contribution >= 4 is 17.3 Å². The highest BCUT2D eigenvalue weighted by molar-refractivity contribution is 7.11. The Hall–Kier alpha value is -2.55. The number of rotatable bonds is 6. The highest BCUT2D eigenvalue weighted by Gasteiger charge is 2.27. The summed E-state index contributed by atoms with van der Waals surface area (Å²) in [7, 11) is 5.57. The van der Waals surface area contributed by atoms with Crippen LogP contribution < -0.4 is 9.64 Å². The number of morpholine rings is 1. The molecule has 1 atom stereocenters. The van der Waals surface area contributed by atoms with Gasteiger partial charge in [-0.15, -0.1) is 11.3 Å². The number of anilines is 1. The zero-order valence-corrected chi connectivity index (χ0v) is 18.6. The van der Waals surface area contributed by atoms with E-state index in [9.17, 15) is 0 Å². The molecule has 0 spiro atoms. The summed E-state index contributed by atoms with van der Waals surface area (Å²) < 4.78 is 11.5. The standard InChI is InChI=1S/C22H27N5O2S/c1-15-23-11-18(30-15)13-27-9-10-29-20(14-27)21-19(12-24-22(25-21)26(2)3)16-5-7-17(28-4)8-6-16/h5-8,11-12,20H,9-10,13-14H2,1-4H3/t20-/m1/s1. The van der Waals surface area contributed by atoms with Gasteiger partial charge in [-0.1, -0.05) is 12.1 Å². The van der Waals surface area contributed by atoms with Gasteiger partial charge in [-0.05, 0) is 24.6 Å². The minimum Gasteiger partial charge on any atom is -0.497 e. The van der Waals surface area contributed by atoms with Crippen molar-refractivity contribution < 1.29 is 9.47 Å². The van der Waals surface area contributed by atoms with Crippen LogP contribution in [0.3, 0.4) is 0 Å². The molecule has 8 heteroatoms. The summed E-state index contributed by atoms with van der Waals surface area (Å²) in [6.45, 7) is 5.28. The van der Waals surface area contributed by atoms with Crippen molar-refractivity contribution in [3.05, 3.63) is 52.2 Å². The van der Waals surface area contributed by atoms with Crippen LogP contribution in [-0.4, -0.2) is 60.8 Å². The van der Waals surface area contributed by atoms with E-state index in [1.54, 1.807) is 18.4 Å². The number of aromatic nitrogens is 3. The van der Waals surface area contributed by atoms with Crippen molar-refractivity contribution in [1.29, 1.82) is 0 Å². The minimum absolute atomic E-state index is 0.119. The van der Waals surface area contributed by atoms with Gasteiger partial charge in [0.25, 0.3) is 0 Å². The van der Waals surface area contributed by atoms with E-state index in [2.05, 4.69) is 14.9 Å². The van der Waals surface area contributed by atoms with Crippen molar-refractivity contribution in [1.82, 2.24) is 19.9 Å². The van der Waals surface area contributed by atoms with Gasteiger partial charge >= 0.3 is 0 Å². The summed E-state index contributed by atoms with van der Waals surface area (Å²) in [5.74, 6) is 1.51. The number of benzene rings is 1. The van der Waals surface area contributed by atoms with Gasteiger partial charge in [0.05, 0.1) is 24.4 Å². The smallest absolute Gasteiger partial charge is 0.225 e. The highest BCUT2D eigenvalue weighted by Crippen LogP contribution is 2.33. The summed E-state index contributed by atoms with van der Waals surface area (Å²) in [5.41, 5.74) is 2.96. The van der Waals surface area contributed by atoms with Gasteiger partial charge in [-0.2, -0.15) is 0 Å². The van der Waals surface area contributed by atoms with Crippen molar-refractivity contribution in [2.45, 2.75) is 19.6 Å². The molecular weight excluding hydrogens is 398 g/mol. The SMILES string of the molecule is COc1ccc(-c2cnc(N(C)C)nc2[C@H]2CN(Cc3cnc(C)s3)CCO2)cc1. The van der Waals surface area contributed by atoms with Crippen LogP contribution in [0, 0.1) is 6.92 Å². The number of thiazole rings is 1. The van der Waals surface area contributed by atoms with Crippen molar-refractivity contribution in [3.63, 3.8) is 0 Å². The predicted molar refractivity (Wildman–Crippen MR) is 119 cm³/mol. The molecule has 3 heterocycles. The number of nitrogens with zero attached hydrogens (tertiary/aromatic N) is 5. The van der Waals surface area contributed by atoms with E-state index in [0.29, 0.717) is 12.6 Å². The Bertz CT molecular complexity index is 989. The Kier molecular flexibility index (Phi) is 6.26. The van der Waals surface area contributed by atoms with Crippen molar-refractivity contribution in [2.24, 2.45) is 0 Å². The lowest BCUT2D eigenvalue weighted by Gasteiger charge is -2.33. The number of hydrogen-bond acceptors (Lipinski definition) is 8. The molecule has 0 N–H and O–H groups in total. The molecule has 0 bridgehead atoms. The van der Waals surface area contributed by atoms with E-state index in [4.69, 9.17) is 14.5 Å². The molecule has 0 aliphatic carbocycles. The average molecular weight is 426 g/mol. The molecule has 0 amide bonds. The van der Waals surface area contributed by atoms with Crippen LogP contribution in [0.1, 0.15) is 21.7 Å². The molecule has 4 rings (SSSR count). The highest BCUT2D eigenvalue weighted by atomic mass is 32.1. The summed E-state index contributed by atoms with van der Waals surface area (Å²) >= 11 is 1.75. The molecule has 1 aromatic carbocycles. The van der Waals surface area contributed by atoms with Gasteiger partial charge in [-0.3, -0.25) is 4.90 Å². The lowest BCUT2D eigenvalue weighted by Crippen LogP contribution is -2.38. The Labute approximate surface area is 181 Å². The molecule has 7 nitrogen and oxygen atoms in total. The van der Waals surface area contributed by atoms with Gasteiger partial charge < -0.3 is 14.4 Å². The van der Waals surface area contributed by atoms with Gasteiger partial charge in [0.1, 0.15) is 11.9 Å². The maximum absolute atomic E-state index is 6.19. The van der Waals surface area contributed by atoms with Crippen LogP contribution in [-0.2, 0) is 11.3 Å². The summed E-state index contributed by atoms with van der Waals surface area (Å²) in [4.78, 5) is 19.4. The van der Waals surface area contributed by atoms with Gasteiger partial charge in [0.15, 0.2) is 0 Å². The Morgan fingerprint density at radius 1 is 1.20 bits per heavy atom. The molecule has 0 unspecified atom stereocenters. The molecule has 2 aromatic heterocycles. The van der Waals surface area contributed by atoms with Crippen LogP contribution in [0.5, 0.6) is 5.75 Å². The van der Waals surface area contributed by atoms with Crippen molar-refractivity contribution in [2.75, 3.05) is 45.8 Å². The fourth-order valence-corrected chi connectivity index (χ4v) is 4.39. The topological polar surface area (TPSA) is 63.6 Å². The number of methoxy groups -OCH3 is 1. The molecule has 0 saturated carbocycles. The van der Waals surface area contributed by atoms with Crippen LogP contribution in [0.15, 0.2) is 36.7 Å². The van der Waals surface area contributed by atoms with E-state index in [1.807, 2.05) is 62.6 Å². The normalized spacial score (nSPS) is 17.1. The third-order valence-corrected chi connectivity index (χ3v) is 6.01. The second-order valence-electron chi connectivity index (χ2n) is 7.53. The molecule has 1 saturated heterocycles. The second-order valence-corrected chi connectivity index (χ2v) is 8.85. The van der Waals surface area contributed by atoms with E-state index < -0.39 is 0 Å². The zero-order chi connectivity index (χ0) is 21.1. The van der Waals surface area contributed by atoms with Gasteiger partial charge in [-0.25, -0.2) is 15.0 Å². The molecule has 3 aromatic rings. The summed E-state index contributed by atoms with van der Waals surface area (Å²) in [6.07, 6.45) is 3.75. The first kappa shape index (κ1) is 20.7. The first-order valence-electron chi connectivity index (χ1n) is 9.97. The zero-order valence-electron chi connectivity index (χ0n) is 17.8. The van der Waals surface area contributed by atoms with Crippen LogP contribution >= 0.6 is 11.3 Å². The average Bonchev–Trinajstić information content (AvgIpc) is 3.18. The lowest BCUT2D eigenvalue weighted by atomic mass is 10.0. The fraction of sp³-hybridized carbons (Fsp3) is 0.409. The van der Waals surface area contributed by atoms with Gasteiger partial charge in [0.2, 0.25) is 5.95 Å². The first-order valence-corrected chi connectivity index (χ1v) is 10.8. The predicted octanol–water partition coefficient (Wildman–Crippen LogP) is 3.56. The number of aryl methyl sites for hydroxylation is 1. The van der Waals surface area contributed by atoms with Crippen LogP contribution in [0.2, 0.25) is 0 Å². The quantitative estimate of drug-likeness (QED) is 0.598. The minimum atomic E-state index is -0.119. The van der Waals surface area contributed by atoms with Crippen LogP contribution in [0.25, 0.3) is 11.1 Å². The van der Waals surface area contributed by atoms with Crippen LogP contribution in [0.4, 0.5) is 5.95 Å². The maximum atomic E-state index is 6.19. The molecule has 1 aliphatic heterocycles. The maximum Gasteiger partial charge on any atom is 0.225 e. The van der Waals surface area contributed by atoms with Crippen molar-refractivity contribution in [3.8, 4) is 16.9 Å². The summed E-state index contributed by atoms with van der Waals surface area (Å²) in [5, 5.41) is 1.10. The first-order chi connectivity index (χ1) is 14.5. The Balaban J connectivity index is 1.63. The fourth-order valence-electron chi connectivity index (χ4n) is 3.55. The van der Waals surface area contributed by atoms with E-state index in [1.165, 1.54) is 4.88 Å². The number of hydrogen-bond donors (Lipinski definition) is 0. The number of ether oxygens (including phenoxy) is 2. The van der Waals surface area contributed by atoms with E-state index in [-0.39, 0.29) is 6.10 Å². The Morgan fingerprint density at radius 3 is 2.67 bits per heavy atom. The molecular formula is C22H27N5O2S. The molecule has 1 aliphatic rings. The Morgan fingerprint density at radius 2 is 2.00 bits per heavy atom. The monoisotopic (exact) mass is 425 g/mol.